The number of aromatic nitrogens is 2. The van der Waals surface area contributed by atoms with Crippen molar-refractivity contribution >= 4 is 11.7 Å². The van der Waals surface area contributed by atoms with Crippen LogP contribution >= 0.6 is 0 Å². The minimum absolute atomic E-state index is 0.301. The van der Waals surface area contributed by atoms with Gasteiger partial charge >= 0.3 is 6.01 Å². The number of amides is 1. The van der Waals surface area contributed by atoms with Crippen LogP contribution in [0.3, 0.4) is 0 Å². The Kier molecular flexibility index (Phi) is 4.16. The van der Waals surface area contributed by atoms with Gasteiger partial charge in [-0.05, 0) is 13.0 Å². The number of carbonyl (C=O) groups is 1. The van der Waals surface area contributed by atoms with E-state index in [0.29, 0.717) is 25.5 Å². The number of nitrogens with one attached hydrogen (secondary N) is 1. The molecule has 0 atom stereocenters. The average Bonchev–Trinajstić information content (AvgIpc) is 2.43. The first-order chi connectivity index (χ1) is 9.11. The van der Waals surface area contributed by atoms with Gasteiger partial charge in [0.2, 0.25) is 5.91 Å². The zero-order chi connectivity index (χ0) is 13.8. The summed E-state index contributed by atoms with van der Waals surface area (Å²) in [5, 5.41) is 3.27. The maximum absolute atomic E-state index is 10.9. The second kappa shape index (κ2) is 5.83. The standard InChI is InChI=1S/C12H19N5O2/c1-17(6-4-10(13)18)11-8-3-5-14-7-9(8)15-12(16-11)19-2/h14H,3-7H2,1-2H3,(H2,13,18). The van der Waals surface area contributed by atoms with E-state index in [2.05, 4.69) is 15.3 Å². The van der Waals surface area contributed by atoms with E-state index < -0.39 is 0 Å². The van der Waals surface area contributed by atoms with E-state index in [1.807, 2.05) is 11.9 Å². The monoisotopic (exact) mass is 265 g/mol. The van der Waals surface area contributed by atoms with E-state index in [9.17, 15) is 4.79 Å². The second-order valence-electron chi connectivity index (χ2n) is 4.52. The van der Waals surface area contributed by atoms with Crippen molar-refractivity contribution in [2.75, 3.05) is 32.1 Å². The molecule has 0 saturated heterocycles. The van der Waals surface area contributed by atoms with Crippen LogP contribution in [0.5, 0.6) is 6.01 Å². The van der Waals surface area contributed by atoms with E-state index in [0.717, 1.165) is 30.0 Å². The molecule has 0 aliphatic carbocycles. The molecule has 1 aromatic heterocycles. The molecule has 1 aliphatic rings. The van der Waals surface area contributed by atoms with E-state index >= 15 is 0 Å². The quantitative estimate of drug-likeness (QED) is 0.741. The molecule has 0 saturated carbocycles. The van der Waals surface area contributed by atoms with Crippen molar-refractivity contribution in [3.8, 4) is 6.01 Å². The molecule has 3 N–H and O–H groups in total. The molecule has 2 rings (SSSR count). The lowest BCUT2D eigenvalue weighted by Crippen LogP contribution is -2.30. The fourth-order valence-electron chi connectivity index (χ4n) is 2.11. The number of methoxy groups -OCH3 is 1. The van der Waals surface area contributed by atoms with Crippen molar-refractivity contribution in [1.29, 1.82) is 0 Å². The van der Waals surface area contributed by atoms with Gasteiger partial charge in [-0.1, -0.05) is 0 Å². The SMILES string of the molecule is COc1nc2c(c(N(C)CCC(N)=O)n1)CCNC2. The number of fused-ring (bicyclic) bond motifs is 1. The van der Waals surface area contributed by atoms with Crippen LogP contribution in [-0.4, -0.2) is 43.1 Å². The normalized spacial score (nSPS) is 13.8. The van der Waals surface area contributed by atoms with Gasteiger partial charge in [0.25, 0.3) is 0 Å². The summed E-state index contributed by atoms with van der Waals surface area (Å²) in [5.74, 6) is 0.507. The number of ether oxygens (including phenoxy) is 1. The Hall–Kier alpha value is -1.89. The lowest BCUT2D eigenvalue weighted by atomic mass is 10.1. The lowest BCUT2D eigenvalue weighted by molar-refractivity contribution is -0.117. The number of hydrogen-bond donors (Lipinski definition) is 2. The summed E-state index contributed by atoms with van der Waals surface area (Å²) in [5.41, 5.74) is 7.25. The van der Waals surface area contributed by atoms with Crippen molar-refractivity contribution in [3.05, 3.63) is 11.3 Å². The van der Waals surface area contributed by atoms with Gasteiger partial charge in [-0.25, -0.2) is 0 Å². The number of rotatable bonds is 5. The molecular formula is C12H19N5O2. The largest absolute Gasteiger partial charge is 0.467 e. The van der Waals surface area contributed by atoms with Crippen molar-refractivity contribution in [2.45, 2.75) is 19.4 Å². The summed E-state index contributed by atoms with van der Waals surface area (Å²) < 4.78 is 5.13. The predicted octanol–water partition coefficient (Wildman–Crippen LogP) is -0.557. The molecule has 104 valence electrons. The first-order valence-corrected chi connectivity index (χ1v) is 6.25. The minimum atomic E-state index is -0.316. The van der Waals surface area contributed by atoms with Gasteiger partial charge in [0, 0.05) is 32.1 Å². The highest BCUT2D eigenvalue weighted by atomic mass is 16.5. The summed E-state index contributed by atoms with van der Waals surface area (Å²) in [6.45, 7) is 2.15. The highest BCUT2D eigenvalue weighted by Gasteiger charge is 2.20. The van der Waals surface area contributed by atoms with Gasteiger partial charge in [0.1, 0.15) is 5.82 Å². The molecule has 1 amide bonds. The Balaban J connectivity index is 2.29. The van der Waals surface area contributed by atoms with Crippen LogP contribution in [0.15, 0.2) is 0 Å². The predicted molar refractivity (Wildman–Crippen MR) is 71.1 cm³/mol. The van der Waals surface area contributed by atoms with E-state index in [4.69, 9.17) is 10.5 Å². The Bertz CT molecular complexity index is 477. The molecule has 7 nitrogen and oxygen atoms in total. The molecule has 2 heterocycles. The highest BCUT2D eigenvalue weighted by molar-refractivity contribution is 5.74. The molecule has 0 aromatic carbocycles. The number of nitrogens with zero attached hydrogens (tertiary/aromatic N) is 3. The summed E-state index contributed by atoms with van der Waals surface area (Å²) in [4.78, 5) is 21.6. The molecule has 1 aliphatic heterocycles. The first kappa shape index (κ1) is 13.5. The van der Waals surface area contributed by atoms with Crippen molar-refractivity contribution in [2.24, 2.45) is 5.73 Å². The van der Waals surface area contributed by atoms with Gasteiger partial charge in [0.15, 0.2) is 0 Å². The maximum Gasteiger partial charge on any atom is 0.318 e. The maximum atomic E-state index is 10.9. The smallest absolute Gasteiger partial charge is 0.318 e. The molecular weight excluding hydrogens is 246 g/mol. The third kappa shape index (κ3) is 3.11. The molecule has 0 unspecified atom stereocenters. The number of hydrogen-bond acceptors (Lipinski definition) is 6. The Labute approximate surface area is 112 Å². The van der Waals surface area contributed by atoms with Gasteiger partial charge < -0.3 is 20.7 Å². The summed E-state index contributed by atoms with van der Waals surface area (Å²) in [6.07, 6.45) is 1.17. The van der Waals surface area contributed by atoms with Crippen LogP contribution in [0.2, 0.25) is 0 Å². The minimum Gasteiger partial charge on any atom is -0.467 e. The molecule has 0 spiro atoms. The lowest BCUT2D eigenvalue weighted by Gasteiger charge is -2.25. The van der Waals surface area contributed by atoms with Crippen LogP contribution in [0.25, 0.3) is 0 Å². The van der Waals surface area contributed by atoms with E-state index in [1.54, 1.807) is 7.11 Å². The van der Waals surface area contributed by atoms with Crippen LogP contribution in [0.4, 0.5) is 5.82 Å². The Morgan fingerprint density at radius 1 is 1.53 bits per heavy atom. The van der Waals surface area contributed by atoms with Gasteiger partial charge in [0.05, 0.1) is 12.8 Å². The third-order valence-electron chi connectivity index (χ3n) is 3.13. The second-order valence-corrected chi connectivity index (χ2v) is 4.52. The fraction of sp³-hybridized carbons (Fsp3) is 0.583. The Morgan fingerprint density at radius 2 is 2.32 bits per heavy atom. The van der Waals surface area contributed by atoms with Gasteiger partial charge in [-0.3, -0.25) is 4.79 Å². The molecule has 19 heavy (non-hydrogen) atoms. The van der Waals surface area contributed by atoms with E-state index in [1.165, 1.54) is 0 Å². The zero-order valence-corrected chi connectivity index (χ0v) is 11.3. The van der Waals surface area contributed by atoms with Gasteiger partial charge in [-0.15, -0.1) is 0 Å². The van der Waals surface area contributed by atoms with Crippen molar-refractivity contribution in [3.63, 3.8) is 0 Å². The number of primary amides is 1. The summed E-state index contributed by atoms with van der Waals surface area (Å²) in [7, 11) is 3.44. The third-order valence-corrected chi connectivity index (χ3v) is 3.13. The number of nitrogens with two attached hydrogens (primary N) is 1. The fourth-order valence-corrected chi connectivity index (χ4v) is 2.11. The number of carbonyl (C=O) groups excluding carboxylic acids is 1. The average molecular weight is 265 g/mol. The first-order valence-electron chi connectivity index (χ1n) is 6.25. The molecule has 0 fully saturated rings. The van der Waals surface area contributed by atoms with Crippen LogP contribution in [-0.2, 0) is 17.8 Å². The van der Waals surface area contributed by atoms with Crippen LogP contribution in [0, 0.1) is 0 Å². The van der Waals surface area contributed by atoms with Crippen molar-refractivity contribution in [1.82, 2.24) is 15.3 Å². The summed E-state index contributed by atoms with van der Waals surface area (Å²) >= 11 is 0. The molecule has 7 heteroatoms. The molecule has 0 bridgehead atoms. The van der Waals surface area contributed by atoms with E-state index in [-0.39, 0.29) is 5.91 Å². The van der Waals surface area contributed by atoms with Gasteiger partial charge in [-0.2, -0.15) is 9.97 Å². The van der Waals surface area contributed by atoms with Crippen LogP contribution in [0.1, 0.15) is 17.7 Å². The summed E-state index contributed by atoms with van der Waals surface area (Å²) in [6, 6.07) is 0.350. The topological polar surface area (TPSA) is 93.4 Å². The molecule has 0 radical (unpaired) electrons. The van der Waals surface area contributed by atoms with Crippen LogP contribution < -0.4 is 20.7 Å². The Morgan fingerprint density at radius 3 is 3.00 bits per heavy atom. The zero-order valence-electron chi connectivity index (χ0n) is 11.3. The highest BCUT2D eigenvalue weighted by Crippen LogP contribution is 2.25. The number of anilines is 1. The molecule has 1 aromatic rings. The van der Waals surface area contributed by atoms with Crippen molar-refractivity contribution < 1.29 is 9.53 Å².